The lowest BCUT2D eigenvalue weighted by atomic mass is 9.90. The molecule has 0 aliphatic heterocycles. The average Bonchev–Trinajstić information content (AvgIpc) is 2.26. The minimum atomic E-state index is -0.316. The summed E-state index contributed by atoms with van der Waals surface area (Å²) in [5.74, 6) is -0.459. The zero-order valence-corrected chi connectivity index (χ0v) is 12.6. The molecule has 4 heteroatoms. The quantitative estimate of drug-likeness (QED) is 0.825. The maximum absolute atomic E-state index is 12.9. The fraction of sp³-hybridized carbons (Fsp3) is 0.500. The highest BCUT2D eigenvalue weighted by Gasteiger charge is 2.19. The molecule has 1 aromatic rings. The van der Waals surface area contributed by atoms with E-state index in [2.05, 4.69) is 35.1 Å². The summed E-state index contributed by atoms with van der Waals surface area (Å²) in [6.45, 7) is 6.55. The molecule has 100 valence electrons. The van der Waals surface area contributed by atoms with Gasteiger partial charge in [0.1, 0.15) is 5.82 Å². The number of hydrogen-bond donors (Lipinski definition) is 1. The van der Waals surface area contributed by atoms with Crippen molar-refractivity contribution in [1.29, 1.82) is 0 Å². The summed E-state index contributed by atoms with van der Waals surface area (Å²) >= 11 is 3.40. The fourth-order valence-corrected chi connectivity index (χ4v) is 2.71. The molecule has 1 aromatic carbocycles. The van der Waals surface area contributed by atoms with Gasteiger partial charge >= 0.3 is 0 Å². The predicted molar refractivity (Wildman–Crippen MR) is 75.7 cm³/mol. The van der Waals surface area contributed by atoms with Crippen LogP contribution in [0.2, 0.25) is 0 Å². The van der Waals surface area contributed by atoms with Crippen molar-refractivity contribution in [3.8, 4) is 0 Å². The third kappa shape index (κ3) is 4.41. The number of benzene rings is 1. The zero-order valence-electron chi connectivity index (χ0n) is 11.0. The van der Waals surface area contributed by atoms with Crippen LogP contribution in [0, 0.1) is 18.2 Å². The maximum Gasteiger partial charge on any atom is 0.251 e. The van der Waals surface area contributed by atoms with Gasteiger partial charge in [-0.25, -0.2) is 4.39 Å². The smallest absolute Gasteiger partial charge is 0.251 e. The van der Waals surface area contributed by atoms with Gasteiger partial charge < -0.3 is 5.32 Å². The first-order chi connectivity index (χ1) is 8.35. The van der Waals surface area contributed by atoms with Gasteiger partial charge in [-0.2, -0.15) is 0 Å². The van der Waals surface area contributed by atoms with Crippen LogP contribution < -0.4 is 5.32 Å². The Morgan fingerprint density at radius 1 is 1.44 bits per heavy atom. The van der Waals surface area contributed by atoms with Crippen molar-refractivity contribution in [1.82, 2.24) is 5.32 Å². The molecule has 0 spiro atoms. The molecule has 1 N–H and O–H groups in total. The third-order valence-electron chi connectivity index (χ3n) is 2.93. The topological polar surface area (TPSA) is 29.1 Å². The largest absolute Gasteiger partial charge is 0.351 e. The zero-order chi connectivity index (χ0) is 13.8. The van der Waals surface area contributed by atoms with Gasteiger partial charge in [-0.05, 0) is 42.5 Å². The van der Waals surface area contributed by atoms with Crippen LogP contribution in [-0.2, 0) is 0 Å². The van der Waals surface area contributed by atoms with E-state index in [1.54, 1.807) is 6.92 Å². The van der Waals surface area contributed by atoms with Crippen molar-refractivity contribution < 1.29 is 9.18 Å². The summed E-state index contributed by atoms with van der Waals surface area (Å²) in [6.07, 6.45) is 0.982. The number of nitrogens with one attached hydrogen (secondary N) is 1. The van der Waals surface area contributed by atoms with E-state index >= 15 is 0 Å². The van der Waals surface area contributed by atoms with E-state index in [0.29, 0.717) is 17.7 Å². The first-order valence-corrected chi connectivity index (χ1v) is 7.08. The lowest BCUT2D eigenvalue weighted by Gasteiger charge is -2.24. The third-order valence-corrected chi connectivity index (χ3v) is 3.33. The van der Waals surface area contributed by atoms with Crippen LogP contribution in [0.15, 0.2) is 18.2 Å². The standard InChI is InChI=1S/C14H19BrFNO/c1-10-8-11(16)4-5-12(10)13(18)17-9-14(2,3)6-7-15/h4-5,8H,6-7,9H2,1-3H3,(H,17,18). The number of carbonyl (C=O) groups excluding carboxylic acids is 1. The number of rotatable bonds is 5. The minimum Gasteiger partial charge on any atom is -0.351 e. The van der Waals surface area contributed by atoms with Crippen molar-refractivity contribution in [2.45, 2.75) is 27.2 Å². The van der Waals surface area contributed by atoms with Crippen LogP contribution in [0.4, 0.5) is 4.39 Å². The Kier molecular flexibility index (Phi) is 5.32. The van der Waals surface area contributed by atoms with Crippen LogP contribution in [0.25, 0.3) is 0 Å². The molecule has 0 saturated heterocycles. The molecule has 0 atom stereocenters. The number of hydrogen-bond acceptors (Lipinski definition) is 1. The summed E-state index contributed by atoms with van der Waals surface area (Å²) in [6, 6.07) is 4.21. The molecule has 18 heavy (non-hydrogen) atoms. The maximum atomic E-state index is 12.9. The van der Waals surface area contributed by atoms with Gasteiger partial charge in [0, 0.05) is 17.4 Å². The fourth-order valence-electron chi connectivity index (χ4n) is 1.64. The Balaban J connectivity index is 2.66. The van der Waals surface area contributed by atoms with Crippen LogP contribution in [0.3, 0.4) is 0 Å². The van der Waals surface area contributed by atoms with Crippen LogP contribution in [0.1, 0.15) is 36.2 Å². The molecule has 0 saturated carbocycles. The Morgan fingerprint density at radius 2 is 2.11 bits per heavy atom. The van der Waals surface area contributed by atoms with Gasteiger partial charge in [0.2, 0.25) is 0 Å². The van der Waals surface area contributed by atoms with E-state index < -0.39 is 0 Å². The number of aryl methyl sites for hydroxylation is 1. The Bertz CT molecular complexity index is 432. The summed E-state index contributed by atoms with van der Waals surface area (Å²) in [5.41, 5.74) is 1.24. The molecule has 0 bridgehead atoms. The first-order valence-electron chi connectivity index (χ1n) is 5.96. The van der Waals surface area contributed by atoms with Crippen LogP contribution in [-0.4, -0.2) is 17.8 Å². The van der Waals surface area contributed by atoms with Crippen LogP contribution >= 0.6 is 15.9 Å². The molecule has 0 heterocycles. The second kappa shape index (κ2) is 6.32. The molecule has 1 amide bonds. The summed E-state index contributed by atoms with van der Waals surface area (Å²) in [7, 11) is 0. The lowest BCUT2D eigenvalue weighted by molar-refractivity contribution is 0.0935. The molecule has 0 aliphatic rings. The van der Waals surface area contributed by atoms with E-state index in [9.17, 15) is 9.18 Å². The first kappa shape index (κ1) is 15.2. The molecule has 0 aliphatic carbocycles. The lowest BCUT2D eigenvalue weighted by Crippen LogP contribution is -2.34. The number of amides is 1. The highest BCUT2D eigenvalue weighted by Crippen LogP contribution is 2.20. The van der Waals surface area contributed by atoms with E-state index in [4.69, 9.17) is 0 Å². The van der Waals surface area contributed by atoms with Crippen molar-refractivity contribution in [2.24, 2.45) is 5.41 Å². The van der Waals surface area contributed by atoms with E-state index in [1.165, 1.54) is 18.2 Å². The van der Waals surface area contributed by atoms with Gasteiger partial charge in [0.25, 0.3) is 5.91 Å². The second-order valence-corrected chi connectivity index (χ2v) is 6.04. The molecule has 1 rings (SSSR count). The Morgan fingerprint density at radius 3 is 2.67 bits per heavy atom. The van der Waals surface area contributed by atoms with Gasteiger partial charge in [0.05, 0.1) is 0 Å². The number of carbonyl (C=O) groups is 1. The van der Waals surface area contributed by atoms with E-state index in [0.717, 1.165) is 11.8 Å². The van der Waals surface area contributed by atoms with Gasteiger partial charge in [-0.15, -0.1) is 0 Å². The normalized spacial score (nSPS) is 11.4. The number of alkyl halides is 1. The Labute approximate surface area is 116 Å². The highest BCUT2D eigenvalue weighted by molar-refractivity contribution is 9.09. The SMILES string of the molecule is Cc1cc(F)ccc1C(=O)NCC(C)(C)CCBr. The average molecular weight is 316 g/mol. The molecule has 0 fully saturated rings. The van der Waals surface area contributed by atoms with Crippen molar-refractivity contribution >= 4 is 21.8 Å². The van der Waals surface area contributed by atoms with Crippen molar-refractivity contribution in [3.63, 3.8) is 0 Å². The summed E-state index contributed by atoms with van der Waals surface area (Å²) < 4.78 is 12.9. The molecular weight excluding hydrogens is 297 g/mol. The molecule has 0 unspecified atom stereocenters. The second-order valence-electron chi connectivity index (χ2n) is 5.25. The summed E-state index contributed by atoms with van der Waals surface area (Å²) in [4.78, 5) is 12.0. The van der Waals surface area contributed by atoms with E-state index in [-0.39, 0.29) is 17.1 Å². The predicted octanol–water partition coefficient (Wildman–Crippen LogP) is 3.68. The molecule has 2 nitrogen and oxygen atoms in total. The van der Waals surface area contributed by atoms with Gasteiger partial charge in [-0.3, -0.25) is 4.79 Å². The molecule has 0 aromatic heterocycles. The number of halogens is 2. The van der Waals surface area contributed by atoms with E-state index in [1.807, 2.05) is 0 Å². The monoisotopic (exact) mass is 315 g/mol. The van der Waals surface area contributed by atoms with Gasteiger partial charge in [0.15, 0.2) is 0 Å². The van der Waals surface area contributed by atoms with Crippen LogP contribution in [0.5, 0.6) is 0 Å². The molecular formula is C14H19BrFNO. The Hall–Kier alpha value is -0.900. The van der Waals surface area contributed by atoms with Gasteiger partial charge in [-0.1, -0.05) is 29.8 Å². The highest BCUT2D eigenvalue weighted by atomic mass is 79.9. The minimum absolute atomic E-state index is 0.0487. The van der Waals surface area contributed by atoms with Crippen molar-refractivity contribution in [3.05, 3.63) is 35.1 Å². The summed E-state index contributed by atoms with van der Waals surface area (Å²) in [5, 5.41) is 3.81. The van der Waals surface area contributed by atoms with Crippen molar-refractivity contribution in [2.75, 3.05) is 11.9 Å². The molecule has 0 radical (unpaired) electrons.